The first kappa shape index (κ1) is 17.1. The van der Waals surface area contributed by atoms with Gasteiger partial charge in [0, 0.05) is 35.5 Å². The molecule has 0 bridgehead atoms. The van der Waals surface area contributed by atoms with Crippen LogP contribution >= 0.6 is 0 Å². The van der Waals surface area contributed by atoms with Crippen LogP contribution < -0.4 is 9.46 Å². The van der Waals surface area contributed by atoms with Crippen LogP contribution in [0.25, 0.3) is 0 Å². The SMILES string of the molecule is COc1cc(O)cc(NS(=O)(=O)c2ccc(C(C)(C)C)nc2)c1. The lowest BCUT2D eigenvalue weighted by atomic mass is 9.92. The van der Waals surface area contributed by atoms with Crippen molar-refractivity contribution in [2.75, 3.05) is 11.8 Å². The molecule has 1 heterocycles. The van der Waals surface area contributed by atoms with Crippen molar-refractivity contribution in [3.63, 3.8) is 0 Å². The summed E-state index contributed by atoms with van der Waals surface area (Å²) in [5, 5.41) is 9.59. The molecule has 0 saturated heterocycles. The van der Waals surface area contributed by atoms with E-state index in [4.69, 9.17) is 4.74 Å². The molecule has 0 unspecified atom stereocenters. The number of rotatable bonds is 4. The van der Waals surface area contributed by atoms with Crippen LogP contribution in [0.1, 0.15) is 26.5 Å². The number of phenolic OH excluding ortho intramolecular Hbond substituents is 1. The molecule has 2 rings (SSSR count). The molecule has 0 aliphatic heterocycles. The summed E-state index contributed by atoms with van der Waals surface area (Å²) in [5.74, 6) is 0.257. The number of hydrogen-bond donors (Lipinski definition) is 2. The Balaban J connectivity index is 2.30. The first-order chi connectivity index (χ1) is 10.6. The highest BCUT2D eigenvalue weighted by Gasteiger charge is 2.19. The summed E-state index contributed by atoms with van der Waals surface area (Å²) in [6.07, 6.45) is 1.32. The molecule has 0 fully saturated rings. The van der Waals surface area contributed by atoms with Gasteiger partial charge in [-0.05, 0) is 12.1 Å². The molecule has 2 aromatic rings. The quantitative estimate of drug-likeness (QED) is 0.896. The van der Waals surface area contributed by atoms with E-state index in [0.29, 0.717) is 5.75 Å². The van der Waals surface area contributed by atoms with Crippen LogP contribution in [0.2, 0.25) is 0 Å². The zero-order valence-electron chi connectivity index (χ0n) is 13.5. The number of pyridine rings is 1. The van der Waals surface area contributed by atoms with Gasteiger partial charge in [-0.15, -0.1) is 0 Å². The Kier molecular flexibility index (Phi) is 4.51. The van der Waals surface area contributed by atoms with E-state index < -0.39 is 10.0 Å². The van der Waals surface area contributed by atoms with Crippen LogP contribution in [0.4, 0.5) is 5.69 Å². The minimum atomic E-state index is -3.80. The molecular formula is C16H20N2O4S. The van der Waals surface area contributed by atoms with Crippen LogP contribution in [0.15, 0.2) is 41.4 Å². The number of sulfonamides is 1. The number of phenols is 1. The van der Waals surface area contributed by atoms with Crippen molar-refractivity contribution in [2.45, 2.75) is 31.1 Å². The Bertz CT molecular complexity index is 794. The molecule has 0 saturated carbocycles. The zero-order chi connectivity index (χ0) is 17.3. The first-order valence-electron chi connectivity index (χ1n) is 6.99. The van der Waals surface area contributed by atoms with Crippen molar-refractivity contribution in [1.82, 2.24) is 4.98 Å². The van der Waals surface area contributed by atoms with Crippen LogP contribution in [-0.4, -0.2) is 25.6 Å². The van der Waals surface area contributed by atoms with Gasteiger partial charge in [0.1, 0.15) is 16.4 Å². The van der Waals surface area contributed by atoms with Crippen molar-refractivity contribution in [2.24, 2.45) is 0 Å². The zero-order valence-corrected chi connectivity index (χ0v) is 14.3. The van der Waals surface area contributed by atoms with Gasteiger partial charge in [-0.2, -0.15) is 0 Å². The Labute approximate surface area is 136 Å². The minimum Gasteiger partial charge on any atom is -0.508 e. The van der Waals surface area contributed by atoms with E-state index in [2.05, 4.69) is 9.71 Å². The number of methoxy groups -OCH3 is 1. The van der Waals surface area contributed by atoms with E-state index >= 15 is 0 Å². The Morgan fingerprint density at radius 1 is 1.17 bits per heavy atom. The second kappa shape index (κ2) is 6.08. The molecule has 1 aromatic carbocycles. The highest BCUT2D eigenvalue weighted by atomic mass is 32.2. The molecular weight excluding hydrogens is 316 g/mol. The van der Waals surface area contributed by atoms with Crippen LogP contribution in [0.5, 0.6) is 11.5 Å². The maximum Gasteiger partial charge on any atom is 0.263 e. The third-order valence-electron chi connectivity index (χ3n) is 3.19. The third kappa shape index (κ3) is 4.13. The van der Waals surface area contributed by atoms with E-state index in [1.807, 2.05) is 20.8 Å². The average Bonchev–Trinajstić information content (AvgIpc) is 2.45. The minimum absolute atomic E-state index is 0.0489. The van der Waals surface area contributed by atoms with Gasteiger partial charge in [-0.3, -0.25) is 9.71 Å². The van der Waals surface area contributed by atoms with Crippen molar-refractivity contribution in [3.8, 4) is 11.5 Å². The number of aromatic nitrogens is 1. The number of aromatic hydroxyl groups is 1. The van der Waals surface area contributed by atoms with Crippen molar-refractivity contribution in [3.05, 3.63) is 42.2 Å². The van der Waals surface area contributed by atoms with Gasteiger partial charge in [-0.1, -0.05) is 20.8 Å². The number of anilines is 1. The van der Waals surface area contributed by atoms with Crippen molar-refractivity contribution >= 4 is 15.7 Å². The lowest BCUT2D eigenvalue weighted by Gasteiger charge is -2.17. The van der Waals surface area contributed by atoms with E-state index in [1.54, 1.807) is 6.07 Å². The Morgan fingerprint density at radius 2 is 1.87 bits per heavy atom. The topological polar surface area (TPSA) is 88.5 Å². The summed E-state index contributed by atoms with van der Waals surface area (Å²) in [4.78, 5) is 4.26. The van der Waals surface area contributed by atoms with Gasteiger partial charge in [0.05, 0.1) is 12.8 Å². The van der Waals surface area contributed by atoms with Crippen LogP contribution in [0.3, 0.4) is 0 Å². The average molecular weight is 336 g/mol. The lowest BCUT2D eigenvalue weighted by Crippen LogP contribution is -2.16. The summed E-state index contributed by atoms with van der Waals surface area (Å²) in [6.45, 7) is 6.00. The number of hydrogen-bond acceptors (Lipinski definition) is 5. The summed E-state index contributed by atoms with van der Waals surface area (Å²) in [5.41, 5.74) is 0.853. The van der Waals surface area contributed by atoms with Crippen LogP contribution in [0, 0.1) is 0 Å². The molecule has 0 aliphatic carbocycles. The number of nitrogens with one attached hydrogen (secondary N) is 1. The number of benzene rings is 1. The van der Waals surface area contributed by atoms with Gasteiger partial charge in [0.2, 0.25) is 0 Å². The standard InChI is InChI=1S/C16H20N2O4S/c1-16(2,3)15-6-5-14(10-17-15)23(20,21)18-11-7-12(19)9-13(8-11)22-4/h5-10,18-19H,1-4H3. The van der Waals surface area contributed by atoms with Gasteiger partial charge in [0.25, 0.3) is 10.0 Å². The Hall–Kier alpha value is -2.28. The van der Waals surface area contributed by atoms with Gasteiger partial charge >= 0.3 is 0 Å². The molecule has 0 amide bonds. The van der Waals surface area contributed by atoms with E-state index in [-0.39, 0.29) is 21.7 Å². The fourth-order valence-electron chi connectivity index (χ4n) is 1.96. The fourth-order valence-corrected chi connectivity index (χ4v) is 2.94. The predicted octanol–water partition coefficient (Wildman–Crippen LogP) is 2.89. The predicted molar refractivity (Wildman–Crippen MR) is 88.4 cm³/mol. The fraction of sp³-hybridized carbons (Fsp3) is 0.312. The summed E-state index contributed by atoms with van der Waals surface area (Å²) >= 11 is 0. The number of nitrogens with zero attached hydrogens (tertiary/aromatic N) is 1. The first-order valence-corrected chi connectivity index (χ1v) is 8.47. The molecule has 2 N–H and O–H groups in total. The van der Waals surface area contributed by atoms with Crippen molar-refractivity contribution < 1.29 is 18.3 Å². The second-order valence-corrected chi connectivity index (χ2v) is 7.84. The Morgan fingerprint density at radius 3 is 2.39 bits per heavy atom. The summed E-state index contributed by atoms with van der Waals surface area (Å²) in [6, 6.07) is 7.37. The maximum absolute atomic E-state index is 12.4. The third-order valence-corrected chi connectivity index (χ3v) is 4.56. The summed E-state index contributed by atoms with van der Waals surface area (Å²) < 4.78 is 32.2. The molecule has 0 aliphatic rings. The molecule has 124 valence electrons. The smallest absolute Gasteiger partial charge is 0.263 e. The van der Waals surface area contributed by atoms with E-state index in [9.17, 15) is 13.5 Å². The van der Waals surface area contributed by atoms with Gasteiger partial charge < -0.3 is 9.84 Å². The normalized spacial score (nSPS) is 12.0. The monoisotopic (exact) mass is 336 g/mol. The lowest BCUT2D eigenvalue weighted by molar-refractivity contribution is 0.408. The van der Waals surface area contributed by atoms with Gasteiger partial charge in [-0.25, -0.2) is 8.42 Å². The molecule has 0 spiro atoms. The second-order valence-electron chi connectivity index (χ2n) is 6.15. The van der Waals surface area contributed by atoms with E-state index in [0.717, 1.165) is 5.69 Å². The molecule has 7 heteroatoms. The van der Waals surface area contributed by atoms with Crippen LogP contribution in [-0.2, 0) is 15.4 Å². The van der Waals surface area contributed by atoms with Crippen molar-refractivity contribution in [1.29, 1.82) is 0 Å². The molecule has 1 aromatic heterocycles. The molecule has 23 heavy (non-hydrogen) atoms. The van der Waals surface area contributed by atoms with Gasteiger partial charge in [0.15, 0.2) is 0 Å². The summed E-state index contributed by atoms with van der Waals surface area (Å²) in [7, 11) is -2.36. The molecule has 0 radical (unpaired) electrons. The van der Waals surface area contributed by atoms with E-state index in [1.165, 1.54) is 37.6 Å². The molecule has 0 atom stereocenters. The highest BCUT2D eigenvalue weighted by Crippen LogP contribution is 2.27. The largest absolute Gasteiger partial charge is 0.508 e. The highest BCUT2D eigenvalue weighted by molar-refractivity contribution is 7.92. The molecule has 6 nitrogen and oxygen atoms in total. The number of ether oxygens (including phenoxy) is 1. The maximum atomic E-state index is 12.4.